The predicted molar refractivity (Wildman–Crippen MR) is 115 cm³/mol. The Hall–Kier alpha value is -1.86. The first-order valence-corrected chi connectivity index (χ1v) is 11.6. The molecule has 1 aliphatic carbocycles. The summed E-state index contributed by atoms with van der Waals surface area (Å²) in [5.74, 6) is 1.97. The van der Waals surface area contributed by atoms with Crippen molar-refractivity contribution in [2.24, 2.45) is 5.92 Å². The van der Waals surface area contributed by atoms with Gasteiger partial charge in [-0.1, -0.05) is 25.6 Å². The number of carbonyl (C=O) groups is 1. The summed E-state index contributed by atoms with van der Waals surface area (Å²) in [4.78, 5) is 35.7. The van der Waals surface area contributed by atoms with Crippen molar-refractivity contribution in [1.29, 1.82) is 0 Å². The fourth-order valence-corrected chi connectivity index (χ4v) is 5.89. The molecule has 1 atom stereocenters. The third-order valence-electron chi connectivity index (χ3n) is 5.22. The molecule has 1 aliphatic heterocycles. The molecule has 0 saturated heterocycles. The van der Waals surface area contributed by atoms with Crippen LogP contribution in [-0.2, 0) is 4.79 Å². The van der Waals surface area contributed by atoms with Crippen LogP contribution in [0.25, 0.3) is 0 Å². The van der Waals surface area contributed by atoms with E-state index in [1.807, 2.05) is 19.1 Å². The molecular weight excluding hydrogens is 390 g/mol. The zero-order valence-electron chi connectivity index (χ0n) is 16.4. The van der Waals surface area contributed by atoms with Crippen molar-refractivity contribution in [3.63, 3.8) is 0 Å². The third kappa shape index (κ3) is 3.70. The Balaban J connectivity index is 1.78. The van der Waals surface area contributed by atoms with Gasteiger partial charge in [0, 0.05) is 33.2 Å². The van der Waals surface area contributed by atoms with Crippen LogP contribution in [-0.4, -0.2) is 21.5 Å². The van der Waals surface area contributed by atoms with E-state index in [2.05, 4.69) is 24.1 Å². The topological polar surface area (TPSA) is 74.8 Å². The minimum absolute atomic E-state index is 0.144. The van der Waals surface area contributed by atoms with E-state index in [0.29, 0.717) is 28.9 Å². The van der Waals surface area contributed by atoms with Crippen molar-refractivity contribution >= 4 is 34.7 Å². The van der Waals surface area contributed by atoms with Gasteiger partial charge in [-0.2, -0.15) is 0 Å². The highest BCUT2D eigenvalue weighted by atomic mass is 32.2. The van der Waals surface area contributed by atoms with Crippen LogP contribution in [0.1, 0.15) is 60.8 Å². The Bertz CT molecular complexity index is 1000. The van der Waals surface area contributed by atoms with Crippen LogP contribution < -0.4 is 10.9 Å². The Morgan fingerprint density at radius 3 is 2.82 bits per heavy atom. The van der Waals surface area contributed by atoms with Gasteiger partial charge in [0.05, 0.1) is 11.5 Å². The second-order valence-electron chi connectivity index (χ2n) is 7.84. The number of fused-ring (bicyclic) bond motifs is 1. The minimum atomic E-state index is -0.316. The van der Waals surface area contributed by atoms with Crippen molar-refractivity contribution in [1.82, 2.24) is 9.97 Å². The summed E-state index contributed by atoms with van der Waals surface area (Å²) in [6.45, 7) is 6.42. The first-order chi connectivity index (χ1) is 13.4. The van der Waals surface area contributed by atoms with E-state index in [4.69, 9.17) is 4.98 Å². The number of aryl methyl sites for hydroxylation is 1. The second-order valence-corrected chi connectivity index (χ2v) is 10.2. The quantitative estimate of drug-likeness (QED) is 0.540. The van der Waals surface area contributed by atoms with Gasteiger partial charge in [-0.25, -0.2) is 4.98 Å². The van der Waals surface area contributed by atoms with Gasteiger partial charge in [-0.05, 0) is 44.2 Å². The predicted octanol–water partition coefficient (Wildman–Crippen LogP) is 4.84. The molecule has 0 bridgehead atoms. The normalized spacial score (nSPS) is 18.9. The standard InChI is InChI=1S/C21H25N3O2S2/c1-11(2)9-10-27-21-23-19-18(20(26)24-21)17(15-8-7-12(3)28-15)16-13(22-19)5-4-6-14(16)25/h7-8,11,17H,4-6,9-10H2,1-3H3,(H2,22,23,24,26). The van der Waals surface area contributed by atoms with E-state index < -0.39 is 0 Å². The van der Waals surface area contributed by atoms with E-state index in [-0.39, 0.29) is 17.3 Å². The number of hydrogen-bond acceptors (Lipinski definition) is 6. The molecule has 2 N–H and O–H groups in total. The first-order valence-electron chi connectivity index (χ1n) is 9.80. The van der Waals surface area contributed by atoms with E-state index >= 15 is 0 Å². The fourth-order valence-electron chi connectivity index (χ4n) is 3.79. The summed E-state index contributed by atoms with van der Waals surface area (Å²) in [5, 5.41) is 3.98. The number of rotatable bonds is 5. The highest BCUT2D eigenvalue weighted by Crippen LogP contribution is 2.45. The Kier molecular flexibility index (Phi) is 5.47. The maximum absolute atomic E-state index is 13.1. The van der Waals surface area contributed by atoms with Crippen LogP contribution >= 0.6 is 23.1 Å². The number of thioether (sulfide) groups is 1. The molecule has 0 fully saturated rings. The summed E-state index contributed by atoms with van der Waals surface area (Å²) in [6.07, 6.45) is 3.28. The van der Waals surface area contributed by atoms with E-state index in [1.54, 1.807) is 23.1 Å². The number of aromatic nitrogens is 2. The van der Waals surface area contributed by atoms with Gasteiger partial charge in [0.1, 0.15) is 5.82 Å². The molecule has 0 amide bonds. The highest BCUT2D eigenvalue weighted by molar-refractivity contribution is 7.99. The van der Waals surface area contributed by atoms with Gasteiger partial charge in [0.25, 0.3) is 5.56 Å². The molecule has 7 heteroatoms. The van der Waals surface area contributed by atoms with Crippen molar-refractivity contribution in [2.75, 3.05) is 11.1 Å². The summed E-state index contributed by atoms with van der Waals surface area (Å²) in [7, 11) is 0. The largest absolute Gasteiger partial charge is 0.343 e. The molecule has 0 aromatic carbocycles. The summed E-state index contributed by atoms with van der Waals surface area (Å²) in [6, 6.07) is 4.09. The average Bonchev–Trinajstić information content (AvgIpc) is 3.06. The van der Waals surface area contributed by atoms with E-state index in [0.717, 1.165) is 41.2 Å². The Morgan fingerprint density at radius 2 is 2.11 bits per heavy atom. The Labute approximate surface area is 173 Å². The van der Waals surface area contributed by atoms with Crippen molar-refractivity contribution < 1.29 is 4.79 Å². The number of allylic oxidation sites excluding steroid dienone is 2. The fraction of sp³-hybridized carbons (Fsp3) is 0.476. The molecule has 2 aromatic rings. The number of Topliss-reactive ketones (excluding diaryl/α,β-unsaturated/α-hetero) is 1. The molecule has 0 radical (unpaired) electrons. The lowest BCUT2D eigenvalue weighted by molar-refractivity contribution is -0.116. The van der Waals surface area contributed by atoms with Crippen molar-refractivity contribution in [3.8, 4) is 0 Å². The number of nitrogens with one attached hydrogen (secondary N) is 2. The molecule has 0 spiro atoms. The number of carbonyl (C=O) groups excluding carboxylic acids is 1. The van der Waals surface area contributed by atoms with Crippen molar-refractivity contribution in [3.05, 3.63) is 49.1 Å². The van der Waals surface area contributed by atoms with Crippen molar-refractivity contribution in [2.45, 2.75) is 57.5 Å². The highest BCUT2D eigenvalue weighted by Gasteiger charge is 2.38. The average molecular weight is 416 g/mol. The molecule has 5 nitrogen and oxygen atoms in total. The van der Waals surface area contributed by atoms with Crippen LogP contribution in [0.15, 0.2) is 33.4 Å². The van der Waals surface area contributed by atoms with Gasteiger partial charge in [0.15, 0.2) is 10.9 Å². The second kappa shape index (κ2) is 7.87. The van der Waals surface area contributed by atoms with Crippen LogP contribution in [0.2, 0.25) is 0 Å². The molecule has 148 valence electrons. The SMILES string of the molecule is Cc1ccc(C2C3=C(CCCC3=O)Nc3nc(SCCC(C)C)[nH]c(=O)c32)s1. The summed E-state index contributed by atoms with van der Waals surface area (Å²) < 4.78 is 0. The monoisotopic (exact) mass is 415 g/mol. The maximum Gasteiger partial charge on any atom is 0.257 e. The smallest absolute Gasteiger partial charge is 0.257 e. The van der Waals surface area contributed by atoms with Crippen LogP contribution in [0.4, 0.5) is 5.82 Å². The van der Waals surface area contributed by atoms with Crippen LogP contribution in [0.3, 0.4) is 0 Å². The number of aromatic amines is 1. The lowest BCUT2D eigenvalue weighted by Crippen LogP contribution is -2.32. The van der Waals surface area contributed by atoms with Gasteiger partial charge in [-0.15, -0.1) is 11.3 Å². The first kappa shape index (κ1) is 19.5. The number of thiophene rings is 1. The number of anilines is 1. The number of H-pyrrole nitrogens is 1. The van der Waals surface area contributed by atoms with Crippen LogP contribution in [0.5, 0.6) is 0 Å². The van der Waals surface area contributed by atoms with Gasteiger partial charge < -0.3 is 10.3 Å². The number of hydrogen-bond donors (Lipinski definition) is 2. The molecule has 2 aliphatic rings. The van der Waals surface area contributed by atoms with Crippen LogP contribution in [0, 0.1) is 12.8 Å². The minimum Gasteiger partial charge on any atom is -0.343 e. The van der Waals surface area contributed by atoms with E-state index in [9.17, 15) is 9.59 Å². The molecule has 4 rings (SSSR count). The zero-order valence-corrected chi connectivity index (χ0v) is 18.1. The lowest BCUT2D eigenvalue weighted by atomic mass is 9.79. The molecule has 28 heavy (non-hydrogen) atoms. The summed E-state index contributed by atoms with van der Waals surface area (Å²) in [5.41, 5.74) is 2.12. The zero-order chi connectivity index (χ0) is 19.8. The van der Waals surface area contributed by atoms with Gasteiger partial charge in [-0.3, -0.25) is 9.59 Å². The molecular formula is C21H25N3O2S2. The number of nitrogens with zero attached hydrogens (tertiary/aromatic N) is 1. The Morgan fingerprint density at radius 1 is 1.29 bits per heavy atom. The molecule has 0 saturated carbocycles. The maximum atomic E-state index is 13.1. The molecule has 1 unspecified atom stereocenters. The van der Waals surface area contributed by atoms with Gasteiger partial charge >= 0.3 is 0 Å². The van der Waals surface area contributed by atoms with E-state index in [1.165, 1.54) is 4.88 Å². The lowest BCUT2D eigenvalue weighted by Gasteiger charge is -2.32. The van der Waals surface area contributed by atoms with Gasteiger partial charge in [0.2, 0.25) is 0 Å². The molecule has 3 heterocycles. The number of ketones is 1. The third-order valence-corrected chi connectivity index (χ3v) is 7.19. The summed E-state index contributed by atoms with van der Waals surface area (Å²) >= 11 is 3.23. The molecule has 2 aromatic heterocycles.